The van der Waals surface area contributed by atoms with Crippen LogP contribution in [0.1, 0.15) is 59.7 Å². The van der Waals surface area contributed by atoms with Gasteiger partial charge in [0.25, 0.3) is 5.91 Å². The zero-order valence-electron chi connectivity index (χ0n) is 18.6. The van der Waals surface area contributed by atoms with Crippen molar-refractivity contribution < 1.29 is 19.4 Å². The van der Waals surface area contributed by atoms with Crippen LogP contribution in [-0.2, 0) is 9.53 Å². The first-order chi connectivity index (χ1) is 16.0. The van der Waals surface area contributed by atoms with E-state index in [9.17, 15) is 14.7 Å². The third-order valence-electron chi connectivity index (χ3n) is 6.57. The first kappa shape index (κ1) is 23.0. The van der Waals surface area contributed by atoms with E-state index in [2.05, 4.69) is 5.32 Å². The summed E-state index contributed by atoms with van der Waals surface area (Å²) in [5, 5.41) is 22.8. The highest BCUT2D eigenvalue weighted by molar-refractivity contribution is 6.04. The average Bonchev–Trinajstić information content (AvgIpc) is 2.86. The van der Waals surface area contributed by atoms with Crippen LogP contribution in [0.25, 0.3) is 0 Å². The zero-order valence-corrected chi connectivity index (χ0v) is 18.6. The molecular formula is C26H29N3O4. The van der Waals surface area contributed by atoms with E-state index in [-0.39, 0.29) is 18.4 Å². The Kier molecular flexibility index (Phi) is 7.38. The van der Waals surface area contributed by atoms with Crippen molar-refractivity contribution in [2.24, 2.45) is 5.92 Å². The fourth-order valence-corrected chi connectivity index (χ4v) is 4.66. The number of nitrogens with zero attached hydrogens (tertiary/aromatic N) is 2. The molecule has 0 bridgehead atoms. The van der Waals surface area contributed by atoms with Gasteiger partial charge in [0.15, 0.2) is 0 Å². The standard InChI is InChI=1S/C26H29N3O4/c27-14-18-6-8-21(9-7-18)26(32)28-22-12-10-20(11-13-22)25(31)23-16-33-17-24(30)29(23)15-19-4-2-1-3-5-19/h6-13,19,23,25,31H,1-5,15-17H2,(H,28,32)/t23-,25-/m1/s1. The van der Waals surface area contributed by atoms with Gasteiger partial charge in [-0.25, -0.2) is 0 Å². The lowest BCUT2D eigenvalue weighted by molar-refractivity contribution is -0.155. The van der Waals surface area contributed by atoms with Crippen LogP contribution in [0.3, 0.4) is 0 Å². The summed E-state index contributed by atoms with van der Waals surface area (Å²) in [5.74, 6) is 0.134. The van der Waals surface area contributed by atoms with Crippen molar-refractivity contribution in [3.63, 3.8) is 0 Å². The number of benzene rings is 2. The maximum atomic E-state index is 12.6. The lowest BCUT2D eigenvalue weighted by Gasteiger charge is -2.40. The van der Waals surface area contributed by atoms with Crippen molar-refractivity contribution in [1.82, 2.24) is 4.90 Å². The highest BCUT2D eigenvalue weighted by atomic mass is 16.5. The minimum atomic E-state index is -0.874. The van der Waals surface area contributed by atoms with Gasteiger partial charge in [-0.05, 0) is 60.7 Å². The Bertz CT molecular complexity index is 1010. The van der Waals surface area contributed by atoms with Crippen LogP contribution < -0.4 is 5.32 Å². The number of hydrogen-bond acceptors (Lipinski definition) is 5. The maximum Gasteiger partial charge on any atom is 0.255 e. The molecule has 0 aromatic heterocycles. The van der Waals surface area contributed by atoms with Crippen molar-refractivity contribution in [3.8, 4) is 6.07 Å². The summed E-state index contributed by atoms with van der Waals surface area (Å²) in [6.45, 7) is 1.04. The maximum absolute atomic E-state index is 12.6. The monoisotopic (exact) mass is 447 g/mol. The predicted molar refractivity (Wildman–Crippen MR) is 123 cm³/mol. The second kappa shape index (κ2) is 10.6. The van der Waals surface area contributed by atoms with Gasteiger partial charge in [-0.15, -0.1) is 0 Å². The first-order valence-corrected chi connectivity index (χ1v) is 11.5. The molecule has 0 spiro atoms. The number of aliphatic hydroxyl groups excluding tert-OH is 1. The highest BCUT2D eigenvalue weighted by Crippen LogP contribution is 2.30. The van der Waals surface area contributed by atoms with Gasteiger partial charge in [-0.1, -0.05) is 31.4 Å². The average molecular weight is 448 g/mol. The second-order valence-corrected chi connectivity index (χ2v) is 8.84. The van der Waals surface area contributed by atoms with E-state index in [0.717, 1.165) is 12.8 Å². The van der Waals surface area contributed by atoms with Crippen LogP contribution in [0.15, 0.2) is 48.5 Å². The highest BCUT2D eigenvalue weighted by Gasteiger charge is 2.36. The molecule has 33 heavy (non-hydrogen) atoms. The molecule has 1 saturated heterocycles. The normalized spacial score (nSPS) is 20.2. The third-order valence-corrected chi connectivity index (χ3v) is 6.57. The van der Waals surface area contributed by atoms with Crippen LogP contribution in [-0.4, -0.2) is 47.6 Å². The number of nitrogens with one attached hydrogen (secondary N) is 1. The summed E-state index contributed by atoms with van der Waals surface area (Å²) in [6, 6.07) is 15.0. The predicted octanol–water partition coefficient (Wildman–Crippen LogP) is 3.65. The Labute approximate surface area is 194 Å². The molecule has 1 heterocycles. The first-order valence-electron chi connectivity index (χ1n) is 11.5. The largest absolute Gasteiger partial charge is 0.386 e. The SMILES string of the molecule is N#Cc1ccc(C(=O)Nc2ccc([C@@H](O)[C@H]3COCC(=O)N3CC3CCCCC3)cc2)cc1. The summed E-state index contributed by atoms with van der Waals surface area (Å²) < 4.78 is 5.47. The zero-order chi connectivity index (χ0) is 23.2. The number of morpholine rings is 1. The third kappa shape index (κ3) is 5.59. The molecule has 4 rings (SSSR count). The topological polar surface area (TPSA) is 103 Å². The molecule has 0 radical (unpaired) electrons. The Balaban J connectivity index is 1.41. The lowest BCUT2D eigenvalue weighted by atomic mass is 9.88. The van der Waals surface area contributed by atoms with Crippen LogP contribution >= 0.6 is 0 Å². The minimum absolute atomic E-state index is 0.0657. The molecule has 172 valence electrons. The van der Waals surface area contributed by atoms with Crippen LogP contribution in [0.2, 0.25) is 0 Å². The number of rotatable bonds is 6. The van der Waals surface area contributed by atoms with Crippen molar-refractivity contribution in [2.75, 3.05) is 25.1 Å². The summed E-state index contributed by atoms with van der Waals surface area (Å²) in [7, 11) is 0. The molecule has 2 N–H and O–H groups in total. The molecule has 1 aliphatic carbocycles. The number of carbonyl (C=O) groups excluding carboxylic acids is 2. The van der Waals surface area contributed by atoms with Gasteiger partial charge in [-0.3, -0.25) is 9.59 Å². The Hall–Kier alpha value is -3.21. The molecule has 2 atom stereocenters. The summed E-state index contributed by atoms with van der Waals surface area (Å²) in [5.41, 5.74) is 2.21. The van der Waals surface area contributed by atoms with E-state index in [4.69, 9.17) is 10.00 Å². The number of hydrogen-bond donors (Lipinski definition) is 2. The number of nitriles is 1. The van der Waals surface area contributed by atoms with E-state index in [1.54, 1.807) is 48.5 Å². The van der Waals surface area contributed by atoms with Crippen LogP contribution in [0.4, 0.5) is 5.69 Å². The fraction of sp³-hybridized carbons (Fsp3) is 0.423. The van der Waals surface area contributed by atoms with Crippen molar-refractivity contribution >= 4 is 17.5 Å². The Morgan fingerprint density at radius 2 is 1.82 bits per heavy atom. The molecule has 1 aliphatic heterocycles. The van der Waals surface area contributed by atoms with Crippen molar-refractivity contribution in [3.05, 3.63) is 65.2 Å². The van der Waals surface area contributed by atoms with E-state index >= 15 is 0 Å². The molecule has 1 saturated carbocycles. The molecule has 2 aliphatic rings. The number of carbonyl (C=O) groups is 2. The van der Waals surface area contributed by atoms with Gasteiger partial charge < -0.3 is 20.1 Å². The smallest absolute Gasteiger partial charge is 0.255 e. The van der Waals surface area contributed by atoms with Gasteiger partial charge in [0.05, 0.1) is 24.3 Å². The number of aliphatic hydroxyl groups is 1. The fourth-order valence-electron chi connectivity index (χ4n) is 4.66. The number of ether oxygens (including phenoxy) is 1. The quantitative estimate of drug-likeness (QED) is 0.704. The van der Waals surface area contributed by atoms with E-state index in [1.165, 1.54) is 19.3 Å². The molecule has 2 fully saturated rings. The summed E-state index contributed by atoms with van der Waals surface area (Å²) >= 11 is 0. The van der Waals surface area contributed by atoms with Crippen LogP contribution in [0.5, 0.6) is 0 Å². The molecule has 7 heteroatoms. The summed E-state index contributed by atoms with van der Waals surface area (Å²) in [6.07, 6.45) is 5.04. The van der Waals surface area contributed by atoms with Gasteiger partial charge in [0, 0.05) is 17.8 Å². The Morgan fingerprint density at radius 3 is 2.48 bits per heavy atom. The lowest BCUT2D eigenvalue weighted by Crippen LogP contribution is -2.53. The summed E-state index contributed by atoms with van der Waals surface area (Å²) in [4.78, 5) is 26.8. The minimum Gasteiger partial charge on any atom is -0.386 e. The van der Waals surface area contributed by atoms with Crippen molar-refractivity contribution in [1.29, 1.82) is 5.26 Å². The molecule has 7 nitrogen and oxygen atoms in total. The van der Waals surface area contributed by atoms with Gasteiger partial charge >= 0.3 is 0 Å². The Morgan fingerprint density at radius 1 is 1.12 bits per heavy atom. The van der Waals surface area contributed by atoms with Crippen LogP contribution in [0, 0.1) is 17.2 Å². The molecule has 2 aromatic carbocycles. The van der Waals surface area contributed by atoms with Gasteiger partial charge in [0.2, 0.25) is 5.91 Å². The van der Waals surface area contributed by atoms with E-state index < -0.39 is 12.1 Å². The number of anilines is 1. The number of amides is 2. The molecule has 2 aromatic rings. The molecule has 0 unspecified atom stereocenters. The van der Waals surface area contributed by atoms with E-state index in [1.807, 2.05) is 11.0 Å². The van der Waals surface area contributed by atoms with Crippen molar-refractivity contribution in [2.45, 2.75) is 44.2 Å². The second-order valence-electron chi connectivity index (χ2n) is 8.84. The molecule has 2 amide bonds. The van der Waals surface area contributed by atoms with Gasteiger partial charge in [0.1, 0.15) is 12.7 Å². The van der Waals surface area contributed by atoms with E-state index in [0.29, 0.717) is 41.4 Å². The van der Waals surface area contributed by atoms with Gasteiger partial charge in [-0.2, -0.15) is 5.26 Å². The molecular weight excluding hydrogens is 418 g/mol.